The van der Waals surface area contributed by atoms with Crippen molar-refractivity contribution in [3.8, 4) is 0 Å². The van der Waals surface area contributed by atoms with Gasteiger partial charge in [0.15, 0.2) is 11.8 Å². The van der Waals surface area contributed by atoms with E-state index in [-0.39, 0.29) is 0 Å². The highest BCUT2D eigenvalue weighted by molar-refractivity contribution is 5.79. The molecule has 0 aliphatic carbocycles. The van der Waals surface area contributed by atoms with E-state index in [1.807, 2.05) is 32.0 Å². The summed E-state index contributed by atoms with van der Waals surface area (Å²) in [4.78, 5) is 13.0. The Morgan fingerprint density at radius 2 is 2.23 bits per heavy atom. The highest BCUT2D eigenvalue weighted by atomic mass is 16.5. The van der Waals surface area contributed by atoms with Crippen molar-refractivity contribution in [2.45, 2.75) is 33.2 Å². The first-order chi connectivity index (χ1) is 10.8. The molecule has 0 aliphatic heterocycles. The monoisotopic (exact) mass is 302 g/mol. The molecule has 2 aromatic heterocycles. The maximum absolute atomic E-state index is 5.08. The fraction of sp³-hybridized carbons (Fsp3) is 0.467. The van der Waals surface area contributed by atoms with E-state index in [1.165, 1.54) is 0 Å². The summed E-state index contributed by atoms with van der Waals surface area (Å²) in [6.07, 6.45) is 3.43. The van der Waals surface area contributed by atoms with E-state index in [9.17, 15) is 0 Å². The lowest BCUT2D eigenvalue weighted by Gasteiger charge is -2.10. The van der Waals surface area contributed by atoms with Gasteiger partial charge < -0.3 is 15.2 Å². The third-order valence-electron chi connectivity index (χ3n) is 2.90. The second-order valence-electron chi connectivity index (χ2n) is 4.78. The van der Waals surface area contributed by atoms with Gasteiger partial charge in [-0.05, 0) is 32.4 Å². The van der Waals surface area contributed by atoms with Crippen molar-refractivity contribution in [3.63, 3.8) is 0 Å². The van der Waals surface area contributed by atoms with Gasteiger partial charge in [-0.2, -0.15) is 4.98 Å². The maximum atomic E-state index is 5.08. The largest absolute Gasteiger partial charge is 0.357 e. The molecular weight excluding hydrogens is 280 g/mol. The lowest BCUT2D eigenvalue weighted by molar-refractivity contribution is 0.372. The minimum Gasteiger partial charge on any atom is -0.357 e. The quantitative estimate of drug-likeness (QED) is 0.457. The van der Waals surface area contributed by atoms with E-state index >= 15 is 0 Å². The second kappa shape index (κ2) is 8.76. The molecule has 0 bridgehead atoms. The summed E-state index contributed by atoms with van der Waals surface area (Å²) in [5.74, 6) is 2.14. The third kappa shape index (κ3) is 5.51. The SMILES string of the molecule is CCNC(=NCc1ccccn1)NCCCc1nc(C)no1. The number of rotatable bonds is 7. The van der Waals surface area contributed by atoms with Gasteiger partial charge in [0.05, 0.1) is 12.2 Å². The first-order valence-corrected chi connectivity index (χ1v) is 7.49. The molecule has 0 atom stereocenters. The summed E-state index contributed by atoms with van der Waals surface area (Å²) in [6, 6.07) is 5.82. The maximum Gasteiger partial charge on any atom is 0.226 e. The van der Waals surface area contributed by atoms with Crippen LogP contribution in [0.4, 0.5) is 0 Å². The van der Waals surface area contributed by atoms with Crippen LogP contribution >= 0.6 is 0 Å². The van der Waals surface area contributed by atoms with Crippen LogP contribution in [-0.2, 0) is 13.0 Å². The standard InChI is InChI=1S/C15H22N6O/c1-3-16-15(19-11-13-7-4-5-9-17-13)18-10-6-8-14-20-12(2)21-22-14/h4-5,7,9H,3,6,8,10-11H2,1-2H3,(H2,16,18,19). The van der Waals surface area contributed by atoms with Gasteiger partial charge in [0.2, 0.25) is 5.89 Å². The number of aryl methyl sites for hydroxylation is 2. The molecule has 0 aliphatic rings. The number of guanidine groups is 1. The van der Waals surface area contributed by atoms with Crippen LogP contribution in [0.3, 0.4) is 0 Å². The average molecular weight is 302 g/mol. The molecule has 0 unspecified atom stereocenters. The highest BCUT2D eigenvalue weighted by Crippen LogP contribution is 1.99. The summed E-state index contributed by atoms with van der Waals surface area (Å²) >= 11 is 0. The van der Waals surface area contributed by atoms with E-state index in [2.05, 4.69) is 30.8 Å². The Hall–Kier alpha value is -2.44. The zero-order valence-electron chi connectivity index (χ0n) is 13.0. The Labute approximate surface area is 130 Å². The fourth-order valence-electron chi connectivity index (χ4n) is 1.88. The van der Waals surface area contributed by atoms with Crippen LogP contribution in [0, 0.1) is 6.92 Å². The number of hydrogen-bond donors (Lipinski definition) is 2. The van der Waals surface area contributed by atoms with Crippen LogP contribution in [0.5, 0.6) is 0 Å². The van der Waals surface area contributed by atoms with Crippen molar-refractivity contribution in [2.24, 2.45) is 4.99 Å². The first-order valence-electron chi connectivity index (χ1n) is 7.49. The minimum absolute atomic E-state index is 0.555. The van der Waals surface area contributed by atoms with E-state index in [0.717, 1.165) is 37.6 Å². The van der Waals surface area contributed by atoms with Gasteiger partial charge in [0.1, 0.15) is 0 Å². The first kappa shape index (κ1) is 15.9. The van der Waals surface area contributed by atoms with Crippen LogP contribution in [-0.4, -0.2) is 34.2 Å². The van der Waals surface area contributed by atoms with Gasteiger partial charge in [-0.1, -0.05) is 11.2 Å². The van der Waals surface area contributed by atoms with Crippen molar-refractivity contribution in [1.82, 2.24) is 25.8 Å². The molecule has 2 aromatic rings. The van der Waals surface area contributed by atoms with Crippen LogP contribution in [0.25, 0.3) is 0 Å². The molecule has 0 radical (unpaired) electrons. The molecule has 7 heteroatoms. The van der Waals surface area contributed by atoms with Crippen molar-refractivity contribution in [1.29, 1.82) is 0 Å². The predicted octanol–water partition coefficient (Wildman–Crippen LogP) is 1.46. The predicted molar refractivity (Wildman–Crippen MR) is 84.4 cm³/mol. The zero-order valence-corrected chi connectivity index (χ0v) is 13.0. The van der Waals surface area contributed by atoms with E-state index < -0.39 is 0 Å². The van der Waals surface area contributed by atoms with Crippen molar-refractivity contribution >= 4 is 5.96 Å². The smallest absolute Gasteiger partial charge is 0.226 e. The van der Waals surface area contributed by atoms with E-state index in [0.29, 0.717) is 18.3 Å². The molecule has 0 aromatic carbocycles. The summed E-state index contributed by atoms with van der Waals surface area (Å²) in [5.41, 5.74) is 0.945. The molecule has 0 amide bonds. The molecular formula is C15H22N6O. The molecule has 7 nitrogen and oxygen atoms in total. The lowest BCUT2D eigenvalue weighted by atomic mass is 10.3. The number of nitrogens with one attached hydrogen (secondary N) is 2. The highest BCUT2D eigenvalue weighted by Gasteiger charge is 2.03. The third-order valence-corrected chi connectivity index (χ3v) is 2.90. The van der Waals surface area contributed by atoms with Gasteiger partial charge in [-0.15, -0.1) is 0 Å². The van der Waals surface area contributed by atoms with Gasteiger partial charge >= 0.3 is 0 Å². The number of hydrogen-bond acceptors (Lipinski definition) is 5. The normalized spacial score (nSPS) is 11.5. The number of nitrogens with zero attached hydrogens (tertiary/aromatic N) is 4. The van der Waals surface area contributed by atoms with Crippen LogP contribution in [0.1, 0.15) is 30.8 Å². The summed E-state index contributed by atoms with van der Waals surface area (Å²) in [6.45, 7) is 6.02. The van der Waals surface area contributed by atoms with Gasteiger partial charge in [-0.25, -0.2) is 4.99 Å². The Morgan fingerprint density at radius 3 is 2.91 bits per heavy atom. The molecule has 22 heavy (non-hydrogen) atoms. The summed E-state index contributed by atoms with van der Waals surface area (Å²) in [5, 5.41) is 10.3. The fourth-order valence-corrected chi connectivity index (χ4v) is 1.88. The minimum atomic E-state index is 0.555. The van der Waals surface area contributed by atoms with Crippen LogP contribution in [0.2, 0.25) is 0 Å². The molecule has 118 valence electrons. The molecule has 0 saturated heterocycles. The van der Waals surface area contributed by atoms with E-state index in [1.54, 1.807) is 6.20 Å². The average Bonchev–Trinajstić information content (AvgIpc) is 2.95. The number of aromatic nitrogens is 3. The molecule has 2 heterocycles. The molecule has 0 saturated carbocycles. The van der Waals surface area contributed by atoms with Crippen molar-refractivity contribution < 1.29 is 4.52 Å². The Bertz CT molecular complexity index is 581. The molecule has 2 rings (SSSR count). The number of pyridine rings is 1. The van der Waals surface area contributed by atoms with Crippen molar-refractivity contribution in [2.75, 3.05) is 13.1 Å². The molecule has 0 spiro atoms. The van der Waals surface area contributed by atoms with Gasteiger partial charge in [0, 0.05) is 25.7 Å². The zero-order chi connectivity index (χ0) is 15.6. The number of aliphatic imine (C=N–C) groups is 1. The molecule has 2 N–H and O–H groups in total. The van der Waals surface area contributed by atoms with Crippen LogP contribution < -0.4 is 10.6 Å². The Balaban J connectivity index is 1.76. The summed E-state index contributed by atoms with van der Waals surface area (Å²) < 4.78 is 5.08. The Morgan fingerprint density at radius 1 is 1.32 bits per heavy atom. The van der Waals surface area contributed by atoms with E-state index in [4.69, 9.17) is 4.52 Å². The topological polar surface area (TPSA) is 88.2 Å². The van der Waals surface area contributed by atoms with Gasteiger partial charge in [-0.3, -0.25) is 4.98 Å². The van der Waals surface area contributed by atoms with Gasteiger partial charge in [0.25, 0.3) is 0 Å². The summed E-state index contributed by atoms with van der Waals surface area (Å²) in [7, 11) is 0. The van der Waals surface area contributed by atoms with Crippen LogP contribution in [0.15, 0.2) is 33.9 Å². The van der Waals surface area contributed by atoms with Crippen molar-refractivity contribution in [3.05, 3.63) is 41.8 Å². The second-order valence-corrected chi connectivity index (χ2v) is 4.78. The Kier molecular flexibility index (Phi) is 6.35. The molecule has 0 fully saturated rings. The lowest BCUT2D eigenvalue weighted by Crippen LogP contribution is -2.37.